The summed E-state index contributed by atoms with van der Waals surface area (Å²) >= 11 is 0. The molecule has 14 heavy (non-hydrogen) atoms. The maximum Gasteiger partial charge on any atom is 0.411 e. The standard InChI is InChI=1S/C10H14N2O2/c1-10(2,3)7-5-4-6-8(12-7)14-9(11)13/h4-6H,1-3H3,(H2,11,13). The molecule has 76 valence electrons. The molecule has 4 heteroatoms. The molecule has 1 heterocycles. The maximum absolute atomic E-state index is 10.5. The second-order valence-electron chi connectivity index (χ2n) is 4.03. The highest BCUT2D eigenvalue weighted by Gasteiger charge is 2.16. The third-order valence-electron chi connectivity index (χ3n) is 1.70. The molecule has 0 atom stereocenters. The number of nitrogens with zero attached hydrogens (tertiary/aromatic N) is 1. The minimum absolute atomic E-state index is 0.0724. The summed E-state index contributed by atoms with van der Waals surface area (Å²) in [5.41, 5.74) is 5.67. The van der Waals surface area contributed by atoms with Gasteiger partial charge in [0.05, 0.1) is 0 Å². The Morgan fingerprint density at radius 1 is 1.43 bits per heavy atom. The molecule has 0 saturated carbocycles. The van der Waals surface area contributed by atoms with Crippen molar-refractivity contribution in [1.82, 2.24) is 4.98 Å². The first-order valence-electron chi connectivity index (χ1n) is 4.34. The van der Waals surface area contributed by atoms with Gasteiger partial charge < -0.3 is 10.5 Å². The van der Waals surface area contributed by atoms with Crippen LogP contribution in [0.4, 0.5) is 4.79 Å². The number of carbonyl (C=O) groups excluding carboxylic acids is 1. The maximum atomic E-state index is 10.5. The molecule has 0 aliphatic carbocycles. The molecule has 0 saturated heterocycles. The Kier molecular flexibility index (Phi) is 2.74. The summed E-state index contributed by atoms with van der Waals surface area (Å²) in [5, 5.41) is 0. The Hall–Kier alpha value is -1.58. The molecule has 0 bridgehead atoms. The fraction of sp³-hybridized carbons (Fsp3) is 0.400. The lowest BCUT2D eigenvalue weighted by Crippen LogP contribution is -2.19. The molecule has 1 aromatic heterocycles. The molecule has 0 radical (unpaired) electrons. The highest BCUT2D eigenvalue weighted by molar-refractivity contribution is 5.67. The molecule has 0 spiro atoms. The molecule has 1 aromatic rings. The van der Waals surface area contributed by atoms with Crippen LogP contribution in [-0.2, 0) is 5.41 Å². The van der Waals surface area contributed by atoms with Crippen molar-refractivity contribution >= 4 is 6.09 Å². The summed E-state index contributed by atoms with van der Waals surface area (Å²) in [6.45, 7) is 6.09. The van der Waals surface area contributed by atoms with E-state index in [4.69, 9.17) is 5.73 Å². The van der Waals surface area contributed by atoms with Crippen LogP contribution in [0.5, 0.6) is 5.88 Å². The number of amides is 1. The number of hydrogen-bond donors (Lipinski definition) is 1. The van der Waals surface area contributed by atoms with Crippen molar-refractivity contribution in [1.29, 1.82) is 0 Å². The first-order chi connectivity index (χ1) is 6.39. The van der Waals surface area contributed by atoms with E-state index in [0.29, 0.717) is 0 Å². The van der Waals surface area contributed by atoms with Crippen LogP contribution in [0, 0.1) is 0 Å². The molecule has 4 nitrogen and oxygen atoms in total. The highest BCUT2D eigenvalue weighted by atomic mass is 16.6. The van der Waals surface area contributed by atoms with Crippen LogP contribution in [0.15, 0.2) is 18.2 Å². The number of ether oxygens (including phenoxy) is 1. The van der Waals surface area contributed by atoms with Crippen molar-refractivity contribution in [2.45, 2.75) is 26.2 Å². The minimum Gasteiger partial charge on any atom is -0.391 e. The number of hydrogen-bond acceptors (Lipinski definition) is 3. The SMILES string of the molecule is CC(C)(C)c1cccc(OC(N)=O)n1. The van der Waals surface area contributed by atoms with Crippen molar-refractivity contribution < 1.29 is 9.53 Å². The lowest BCUT2D eigenvalue weighted by atomic mass is 9.92. The van der Waals surface area contributed by atoms with Gasteiger partial charge in [0.1, 0.15) is 0 Å². The summed E-state index contributed by atoms with van der Waals surface area (Å²) in [4.78, 5) is 14.7. The second-order valence-corrected chi connectivity index (χ2v) is 4.03. The Morgan fingerprint density at radius 3 is 2.57 bits per heavy atom. The van der Waals surface area contributed by atoms with Gasteiger partial charge in [-0.2, -0.15) is 0 Å². The number of pyridine rings is 1. The van der Waals surface area contributed by atoms with Gasteiger partial charge in [0.25, 0.3) is 0 Å². The van der Waals surface area contributed by atoms with Gasteiger partial charge in [-0.05, 0) is 6.07 Å². The van der Waals surface area contributed by atoms with Crippen molar-refractivity contribution in [3.8, 4) is 5.88 Å². The van der Waals surface area contributed by atoms with Crippen LogP contribution < -0.4 is 10.5 Å². The van der Waals surface area contributed by atoms with Crippen LogP contribution in [0.25, 0.3) is 0 Å². The highest BCUT2D eigenvalue weighted by Crippen LogP contribution is 2.21. The van der Waals surface area contributed by atoms with Crippen molar-refractivity contribution in [2.24, 2.45) is 5.73 Å². The number of primary amides is 1. The Bertz CT molecular complexity index is 342. The van der Waals surface area contributed by atoms with Crippen molar-refractivity contribution in [3.05, 3.63) is 23.9 Å². The van der Waals surface area contributed by atoms with Crippen molar-refractivity contribution in [3.63, 3.8) is 0 Å². The molecule has 1 amide bonds. The first kappa shape index (κ1) is 10.5. The zero-order chi connectivity index (χ0) is 10.8. The number of rotatable bonds is 1. The third-order valence-corrected chi connectivity index (χ3v) is 1.70. The van der Waals surface area contributed by atoms with E-state index in [1.807, 2.05) is 26.8 Å². The topological polar surface area (TPSA) is 65.2 Å². The van der Waals surface area contributed by atoms with Crippen molar-refractivity contribution in [2.75, 3.05) is 0 Å². The summed E-state index contributed by atoms with van der Waals surface area (Å²) in [6, 6.07) is 5.26. The van der Waals surface area contributed by atoms with Gasteiger partial charge >= 0.3 is 6.09 Å². The Labute approximate surface area is 83.1 Å². The van der Waals surface area contributed by atoms with Crippen LogP contribution in [0.1, 0.15) is 26.5 Å². The fourth-order valence-electron chi connectivity index (χ4n) is 0.992. The molecule has 1 rings (SSSR count). The smallest absolute Gasteiger partial charge is 0.391 e. The Morgan fingerprint density at radius 2 is 2.07 bits per heavy atom. The molecular formula is C10H14N2O2. The lowest BCUT2D eigenvalue weighted by Gasteiger charge is -2.17. The zero-order valence-corrected chi connectivity index (χ0v) is 8.57. The van der Waals surface area contributed by atoms with Crippen LogP contribution in [-0.4, -0.2) is 11.1 Å². The largest absolute Gasteiger partial charge is 0.411 e. The average molecular weight is 194 g/mol. The number of aromatic nitrogens is 1. The van der Waals surface area contributed by atoms with Gasteiger partial charge in [0, 0.05) is 17.2 Å². The number of nitrogens with two attached hydrogens (primary N) is 1. The molecule has 0 aliphatic heterocycles. The molecule has 2 N–H and O–H groups in total. The quantitative estimate of drug-likeness (QED) is 0.741. The van der Waals surface area contributed by atoms with Crippen LogP contribution in [0.3, 0.4) is 0 Å². The summed E-state index contributed by atoms with van der Waals surface area (Å²) < 4.78 is 4.68. The van der Waals surface area contributed by atoms with E-state index in [1.54, 1.807) is 12.1 Å². The van der Waals surface area contributed by atoms with Gasteiger partial charge in [0.15, 0.2) is 0 Å². The van der Waals surface area contributed by atoms with Gasteiger partial charge in [0.2, 0.25) is 5.88 Å². The molecule has 0 aromatic carbocycles. The monoisotopic (exact) mass is 194 g/mol. The van der Waals surface area contributed by atoms with E-state index in [1.165, 1.54) is 0 Å². The average Bonchev–Trinajstić information content (AvgIpc) is 2.01. The number of carbonyl (C=O) groups is 1. The third kappa shape index (κ3) is 2.73. The van der Waals surface area contributed by atoms with Crippen LogP contribution >= 0.6 is 0 Å². The molecule has 0 fully saturated rings. The summed E-state index contributed by atoms with van der Waals surface area (Å²) in [7, 11) is 0. The van der Waals surface area contributed by atoms with Gasteiger partial charge in [-0.1, -0.05) is 26.8 Å². The summed E-state index contributed by atoms with van der Waals surface area (Å²) in [6.07, 6.45) is -0.844. The van der Waals surface area contributed by atoms with Gasteiger partial charge in [-0.25, -0.2) is 9.78 Å². The Balaban J connectivity index is 2.95. The normalized spacial score (nSPS) is 11.1. The predicted molar refractivity (Wildman–Crippen MR) is 53.1 cm³/mol. The van der Waals surface area contributed by atoms with Crippen LogP contribution in [0.2, 0.25) is 0 Å². The first-order valence-corrected chi connectivity index (χ1v) is 4.34. The lowest BCUT2D eigenvalue weighted by molar-refractivity contribution is 0.208. The van der Waals surface area contributed by atoms with E-state index in [2.05, 4.69) is 9.72 Å². The molecule has 0 unspecified atom stereocenters. The van der Waals surface area contributed by atoms with E-state index in [-0.39, 0.29) is 11.3 Å². The van der Waals surface area contributed by atoms with E-state index in [9.17, 15) is 4.79 Å². The van der Waals surface area contributed by atoms with E-state index < -0.39 is 6.09 Å². The van der Waals surface area contributed by atoms with Gasteiger partial charge in [-0.15, -0.1) is 0 Å². The summed E-state index contributed by atoms with van der Waals surface area (Å²) in [5.74, 6) is 0.241. The van der Waals surface area contributed by atoms with E-state index >= 15 is 0 Å². The second kappa shape index (κ2) is 3.65. The van der Waals surface area contributed by atoms with Gasteiger partial charge in [-0.3, -0.25) is 0 Å². The van der Waals surface area contributed by atoms with E-state index in [0.717, 1.165) is 5.69 Å². The minimum atomic E-state index is -0.844. The molecular weight excluding hydrogens is 180 g/mol. The molecule has 0 aliphatic rings. The predicted octanol–water partition coefficient (Wildman–Crippen LogP) is 1.84. The fourth-order valence-corrected chi connectivity index (χ4v) is 0.992. The zero-order valence-electron chi connectivity index (χ0n) is 8.57.